The van der Waals surface area contributed by atoms with Gasteiger partial charge in [0.05, 0.1) is 28.7 Å². The molecule has 0 spiro atoms. The van der Waals surface area contributed by atoms with Crippen LogP contribution in [0, 0.1) is 39.7 Å². The van der Waals surface area contributed by atoms with Crippen molar-refractivity contribution >= 4 is 5.69 Å². The van der Waals surface area contributed by atoms with Crippen molar-refractivity contribution in [3.05, 3.63) is 51.5 Å². The predicted molar refractivity (Wildman–Crippen MR) is 74.8 cm³/mol. The van der Waals surface area contributed by atoms with Gasteiger partial charge in [-0.3, -0.25) is 10.1 Å². The highest BCUT2D eigenvalue weighted by atomic mass is 16.6. The van der Waals surface area contributed by atoms with Crippen LogP contribution >= 0.6 is 0 Å². The van der Waals surface area contributed by atoms with E-state index in [2.05, 4.69) is 9.97 Å². The van der Waals surface area contributed by atoms with Crippen molar-refractivity contribution in [1.82, 2.24) is 9.97 Å². The van der Waals surface area contributed by atoms with Crippen molar-refractivity contribution in [3.63, 3.8) is 0 Å². The number of nitrogens with zero attached hydrogens (tertiary/aromatic N) is 4. The highest BCUT2D eigenvalue weighted by Crippen LogP contribution is 2.35. The summed E-state index contributed by atoms with van der Waals surface area (Å²) in [5, 5.41) is 39.1. The van der Waals surface area contributed by atoms with Gasteiger partial charge in [-0.1, -0.05) is 12.1 Å². The molecule has 8 heteroatoms. The first kappa shape index (κ1) is 15.0. The summed E-state index contributed by atoms with van der Waals surface area (Å²) in [7, 11) is 0. The Labute approximate surface area is 125 Å². The molecule has 0 fully saturated rings. The molecule has 2 atom stereocenters. The van der Waals surface area contributed by atoms with E-state index in [9.17, 15) is 25.7 Å². The van der Waals surface area contributed by atoms with Crippen molar-refractivity contribution in [3.8, 4) is 18.0 Å². The largest absolute Gasteiger partial charge is 0.492 e. The molecule has 8 nitrogen and oxygen atoms in total. The maximum absolute atomic E-state index is 10.7. The maximum atomic E-state index is 10.7. The molecule has 0 aliphatic heterocycles. The second-order valence-corrected chi connectivity index (χ2v) is 4.62. The number of nitro benzene ring substituents is 1. The van der Waals surface area contributed by atoms with Crippen LogP contribution in [0.5, 0.6) is 5.88 Å². The zero-order chi connectivity index (χ0) is 16.3. The fourth-order valence-electron chi connectivity index (χ4n) is 2.17. The number of non-ortho nitro benzene ring substituents is 1. The third-order valence-electron chi connectivity index (χ3n) is 3.22. The molecule has 0 saturated heterocycles. The van der Waals surface area contributed by atoms with E-state index >= 15 is 0 Å². The van der Waals surface area contributed by atoms with Crippen LogP contribution in [-0.2, 0) is 0 Å². The van der Waals surface area contributed by atoms with E-state index in [0.29, 0.717) is 11.4 Å². The summed E-state index contributed by atoms with van der Waals surface area (Å²) < 4.78 is 0. The first-order chi connectivity index (χ1) is 10.5. The second-order valence-electron chi connectivity index (χ2n) is 4.62. The van der Waals surface area contributed by atoms with Gasteiger partial charge in [0.15, 0.2) is 0 Å². The van der Waals surface area contributed by atoms with Crippen LogP contribution < -0.4 is 0 Å². The zero-order valence-corrected chi connectivity index (χ0v) is 11.5. The van der Waals surface area contributed by atoms with Gasteiger partial charge in [0.25, 0.3) is 5.69 Å². The topological polar surface area (TPSA) is 140 Å². The molecule has 0 bridgehead atoms. The van der Waals surface area contributed by atoms with E-state index in [1.807, 2.05) is 12.1 Å². The number of nitro groups is 1. The van der Waals surface area contributed by atoms with Crippen molar-refractivity contribution < 1.29 is 10.0 Å². The van der Waals surface area contributed by atoms with Crippen LogP contribution in [0.4, 0.5) is 5.69 Å². The van der Waals surface area contributed by atoms with Gasteiger partial charge in [-0.05, 0) is 12.5 Å². The number of aromatic nitrogens is 2. The molecule has 2 rings (SSSR count). The minimum absolute atomic E-state index is 0.103. The number of nitriles is 2. The van der Waals surface area contributed by atoms with Gasteiger partial charge < -0.3 is 10.1 Å². The fourth-order valence-corrected chi connectivity index (χ4v) is 2.17. The summed E-state index contributed by atoms with van der Waals surface area (Å²) in [4.78, 5) is 16.7. The van der Waals surface area contributed by atoms with Crippen LogP contribution in [0.1, 0.15) is 28.9 Å². The van der Waals surface area contributed by atoms with Gasteiger partial charge >= 0.3 is 0 Å². The number of aromatic amines is 1. The molecule has 1 aromatic carbocycles. The Balaban J connectivity index is 2.42. The number of hydrogen-bond acceptors (Lipinski definition) is 6. The Kier molecular flexibility index (Phi) is 4.05. The standard InChI is InChI=1S/C14H11N5O3/c1-8-17-13(14(20)18-8)12(7-16)11(6-15)9-2-4-10(5-3-9)19(21)22/h2-5,11-12,20H,1H3,(H,17,18). The Morgan fingerprint density at radius 1 is 1.27 bits per heavy atom. The predicted octanol–water partition coefficient (Wildman–Crippen LogP) is 2.25. The number of aromatic hydroxyl groups is 1. The van der Waals surface area contributed by atoms with Gasteiger partial charge in [0.1, 0.15) is 11.7 Å². The number of aryl methyl sites for hydroxylation is 1. The Hall–Kier alpha value is -3.39. The van der Waals surface area contributed by atoms with Gasteiger partial charge in [-0.2, -0.15) is 15.5 Å². The molecular weight excluding hydrogens is 286 g/mol. The summed E-state index contributed by atoms with van der Waals surface area (Å²) in [6.07, 6.45) is 0. The smallest absolute Gasteiger partial charge is 0.269 e. The summed E-state index contributed by atoms with van der Waals surface area (Å²) in [5.41, 5.74) is 0.505. The van der Waals surface area contributed by atoms with Crippen molar-refractivity contribution in [2.45, 2.75) is 18.8 Å². The van der Waals surface area contributed by atoms with Crippen LogP contribution in [0.3, 0.4) is 0 Å². The first-order valence-electron chi connectivity index (χ1n) is 6.27. The van der Waals surface area contributed by atoms with Crippen LogP contribution in [-0.4, -0.2) is 20.0 Å². The van der Waals surface area contributed by atoms with Gasteiger partial charge in [0, 0.05) is 12.1 Å². The first-order valence-corrected chi connectivity index (χ1v) is 6.27. The molecule has 2 N–H and O–H groups in total. The highest BCUT2D eigenvalue weighted by Gasteiger charge is 2.29. The van der Waals surface area contributed by atoms with E-state index in [1.165, 1.54) is 24.3 Å². The van der Waals surface area contributed by atoms with Gasteiger partial charge in [-0.15, -0.1) is 0 Å². The molecular formula is C14H11N5O3. The number of imidazole rings is 1. The Morgan fingerprint density at radius 2 is 1.86 bits per heavy atom. The summed E-state index contributed by atoms with van der Waals surface area (Å²) in [6.45, 7) is 1.62. The number of nitrogens with one attached hydrogen (secondary N) is 1. The van der Waals surface area contributed by atoms with Gasteiger partial charge in [-0.25, -0.2) is 0 Å². The monoisotopic (exact) mass is 297 g/mol. The number of hydrogen-bond donors (Lipinski definition) is 2. The van der Waals surface area contributed by atoms with Crippen molar-refractivity contribution in [2.24, 2.45) is 0 Å². The molecule has 0 saturated carbocycles. The third-order valence-corrected chi connectivity index (χ3v) is 3.22. The van der Waals surface area contributed by atoms with E-state index < -0.39 is 16.8 Å². The number of H-pyrrole nitrogens is 1. The Morgan fingerprint density at radius 3 is 2.27 bits per heavy atom. The lowest BCUT2D eigenvalue weighted by molar-refractivity contribution is -0.384. The zero-order valence-electron chi connectivity index (χ0n) is 11.5. The second kappa shape index (κ2) is 5.94. The lowest BCUT2D eigenvalue weighted by atomic mass is 9.86. The quantitative estimate of drug-likeness (QED) is 0.655. The molecule has 0 aliphatic rings. The van der Waals surface area contributed by atoms with Crippen LogP contribution in [0.15, 0.2) is 24.3 Å². The molecule has 0 radical (unpaired) electrons. The molecule has 22 heavy (non-hydrogen) atoms. The summed E-state index contributed by atoms with van der Waals surface area (Å²) in [6, 6.07) is 9.37. The number of rotatable bonds is 4. The molecule has 1 aromatic heterocycles. The molecule has 1 heterocycles. The molecule has 110 valence electrons. The van der Waals surface area contributed by atoms with E-state index in [-0.39, 0.29) is 17.3 Å². The van der Waals surface area contributed by atoms with Crippen molar-refractivity contribution in [2.75, 3.05) is 0 Å². The summed E-state index contributed by atoms with van der Waals surface area (Å²) in [5.74, 6) is -1.76. The number of benzene rings is 1. The van der Waals surface area contributed by atoms with E-state index in [1.54, 1.807) is 6.92 Å². The lowest BCUT2D eigenvalue weighted by Crippen LogP contribution is -2.09. The van der Waals surface area contributed by atoms with E-state index in [4.69, 9.17) is 0 Å². The minimum atomic E-state index is -0.965. The normalized spacial score (nSPS) is 12.9. The van der Waals surface area contributed by atoms with Crippen LogP contribution in [0.25, 0.3) is 0 Å². The van der Waals surface area contributed by atoms with Crippen LogP contribution in [0.2, 0.25) is 0 Å². The third kappa shape index (κ3) is 2.72. The van der Waals surface area contributed by atoms with Crippen molar-refractivity contribution in [1.29, 1.82) is 10.5 Å². The SMILES string of the molecule is Cc1nc(O)c(C(C#N)C(C#N)c2ccc([N+](=O)[O-])cc2)[nH]1. The summed E-state index contributed by atoms with van der Waals surface area (Å²) >= 11 is 0. The molecule has 2 unspecified atom stereocenters. The lowest BCUT2D eigenvalue weighted by Gasteiger charge is -2.14. The molecule has 2 aromatic rings. The minimum Gasteiger partial charge on any atom is -0.492 e. The average molecular weight is 297 g/mol. The molecule has 0 aliphatic carbocycles. The highest BCUT2D eigenvalue weighted by molar-refractivity contribution is 5.41. The fraction of sp³-hybridized carbons (Fsp3) is 0.214. The molecule has 0 amide bonds. The Bertz CT molecular complexity index is 782. The average Bonchev–Trinajstić information content (AvgIpc) is 2.83. The van der Waals surface area contributed by atoms with Gasteiger partial charge in [0.2, 0.25) is 5.88 Å². The van der Waals surface area contributed by atoms with E-state index in [0.717, 1.165) is 0 Å². The maximum Gasteiger partial charge on any atom is 0.269 e.